The van der Waals surface area contributed by atoms with Crippen LogP contribution in [0.4, 0.5) is 0 Å². The van der Waals surface area contributed by atoms with Gasteiger partial charge in [0.15, 0.2) is 5.76 Å². The fourth-order valence-corrected chi connectivity index (χ4v) is 5.30. The van der Waals surface area contributed by atoms with Crippen LogP contribution >= 0.6 is 11.3 Å². The molecule has 1 atom stereocenters. The van der Waals surface area contributed by atoms with E-state index in [1.54, 1.807) is 12.1 Å². The molecule has 9 heteroatoms. The summed E-state index contributed by atoms with van der Waals surface area (Å²) in [5, 5.41) is 15.3. The summed E-state index contributed by atoms with van der Waals surface area (Å²) in [5.41, 5.74) is 2.26. The number of hydrogen-bond acceptors (Lipinski definition) is 7. The van der Waals surface area contributed by atoms with Gasteiger partial charge in [0.25, 0.3) is 5.91 Å². The lowest BCUT2D eigenvalue weighted by atomic mass is 10.0. The Labute approximate surface area is 183 Å². The molecule has 5 rings (SSSR count). The lowest BCUT2D eigenvalue weighted by Crippen LogP contribution is -2.49. The third kappa shape index (κ3) is 3.60. The van der Waals surface area contributed by atoms with Crippen molar-refractivity contribution in [2.45, 2.75) is 19.9 Å². The summed E-state index contributed by atoms with van der Waals surface area (Å²) in [6.07, 6.45) is 1.52. The van der Waals surface area contributed by atoms with Crippen LogP contribution in [0.5, 0.6) is 5.88 Å². The first-order chi connectivity index (χ1) is 15.0. The van der Waals surface area contributed by atoms with Gasteiger partial charge in [-0.25, -0.2) is 4.98 Å². The molecule has 1 fully saturated rings. The highest BCUT2D eigenvalue weighted by Crippen LogP contribution is 2.40. The number of thiazole rings is 1. The van der Waals surface area contributed by atoms with Gasteiger partial charge >= 0.3 is 0 Å². The number of amides is 1. The number of fused-ring (bicyclic) bond motifs is 1. The van der Waals surface area contributed by atoms with Gasteiger partial charge < -0.3 is 14.4 Å². The first-order valence-corrected chi connectivity index (χ1v) is 11.0. The summed E-state index contributed by atoms with van der Waals surface area (Å²) < 4.78 is 6.78. The Kier molecular flexibility index (Phi) is 4.99. The van der Waals surface area contributed by atoms with E-state index < -0.39 is 0 Å². The molecule has 0 radical (unpaired) electrons. The topological polar surface area (TPSA) is 87.1 Å². The molecule has 1 aromatic carbocycles. The molecule has 0 saturated carbocycles. The van der Waals surface area contributed by atoms with Crippen molar-refractivity contribution in [3.63, 3.8) is 0 Å². The number of aromatic nitrogens is 3. The molecular weight excluding hydrogens is 414 g/mol. The summed E-state index contributed by atoms with van der Waals surface area (Å²) >= 11 is 1.45. The molecule has 0 aliphatic carbocycles. The highest BCUT2D eigenvalue weighted by Gasteiger charge is 2.33. The number of aryl methyl sites for hydroxylation is 2. The van der Waals surface area contributed by atoms with Crippen LogP contribution in [-0.2, 0) is 0 Å². The second-order valence-electron chi connectivity index (χ2n) is 7.77. The van der Waals surface area contributed by atoms with Crippen LogP contribution < -0.4 is 0 Å². The van der Waals surface area contributed by atoms with Gasteiger partial charge in [-0.3, -0.25) is 9.69 Å². The first kappa shape index (κ1) is 19.8. The third-order valence-electron chi connectivity index (χ3n) is 5.61. The normalized spacial score (nSPS) is 16.1. The van der Waals surface area contributed by atoms with E-state index >= 15 is 0 Å². The number of furan rings is 1. The summed E-state index contributed by atoms with van der Waals surface area (Å²) in [6, 6.07) is 11.6. The van der Waals surface area contributed by atoms with E-state index in [1.807, 2.05) is 17.9 Å². The number of hydrogen-bond donors (Lipinski definition) is 1. The maximum atomic E-state index is 12.6. The highest BCUT2D eigenvalue weighted by atomic mass is 32.1. The van der Waals surface area contributed by atoms with E-state index in [2.05, 4.69) is 40.1 Å². The van der Waals surface area contributed by atoms with Gasteiger partial charge in [0.1, 0.15) is 5.82 Å². The van der Waals surface area contributed by atoms with Gasteiger partial charge in [-0.15, -0.1) is 5.10 Å². The fraction of sp³-hybridized carbons (Fsp3) is 0.318. The average molecular weight is 438 g/mol. The van der Waals surface area contributed by atoms with Crippen LogP contribution in [0.2, 0.25) is 0 Å². The minimum absolute atomic E-state index is 0.0890. The SMILES string of the molecule is Cc1cccc(C(c2sc3nc(C)nn3c2O)N2CCN(C(=O)c3ccco3)CC2)c1. The zero-order valence-corrected chi connectivity index (χ0v) is 18.2. The van der Waals surface area contributed by atoms with E-state index in [-0.39, 0.29) is 17.8 Å². The smallest absolute Gasteiger partial charge is 0.289 e. The zero-order valence-electron chi connectivity index (χ0n) is 17.4. The van der Waals surface area contributed by atoms with Crippen LogP contribution in [0.1, 0.15) is 38.4 Å². The predicted octanol–water partition coefficient (Wildman–Crippen LogP) is 3.25. The number of carbonyl (C=O) groups excluding carboxylic acids is 1. The van der Waals surface area contributed by atoms with E-state index in [0.29, 0.717) is 42.7 Å². The Balaban J connectivity index is 1.46. The molecule has 1 unspecified atom stereocenters. The Morgan fingerprint density at radius 3 is 2.65 bits per heavy atom. The molecule has 0 bridgehead atoms. The van der Waals surface area contributed by atoms with Crippen LogP contribution in [0.25, 0.3) is 4.96 Å². The monoisotopic (exact) mass is 437 g/mol. The van der Waals surface area contributed by atoms with E-state index in [9.17, 15) is 9.90 Å². The summed E-state index contributed by atoms with van der Waals surface area (Å²) in [4.78, 5) is 22.7. The molecule has 1 saturated heterocycles. The van der Waals surface area contributed by atoms with Crippen molar-refractivity contribution in [1.82, 2.24) is 24.4 Å². The molecule has 160 valence electrons. The van der Waals surface area contributed by atoms with Crippen molar-refractivity contribution in [1.29, 1.82) is 0 Å². The van der Waals surface area contributed by atoms with Crippen molar-refractivity contribution in [2.75, 3.05) is 26.2 Å². The average Bonchev–Trinajstić information content (AvgIpc) is 3.48. The second kappa shape index (κ2) is 7.82. The highest BCUT2D eigenvalue weighted by molar-refractivity contribution is 7.17. The van der Waals surface area contributed by atoms with Gasteiger partial charge in [-0.05, 0) is 31.5 Å². The van der Waals surface area contributed by atoms with Crippen LogP contribution in [-0.4, -0.2) is 61.6 Å². The molecule has 1 N–H and O–H groups in total. The number of aromatic hydroxyl groups is 1. The van der Waals surface area contributed by atoms with Crippen molar-refractivity contribution in [3.05, 3.63) is 70.3 Å². The number of benzene rings is 1. The van der Waals surface area contributed by atoms with Crippen molar-refractivity contribution >= 4 is 22.2 Å². The molecule has 8 nitrogen and oxygen atoms in total. The molecule has 3 aromatic heterocycles. The van der Waals surface area contributed by atoms with Gasteiger partial charge in [-0.2, -0.15) is 4.52 Å². The lowest BCUT2D eigenvalue weighted by Gasteiger charge is -2.39. The number of nitrogens with zero attached hydrogens (tertiary/aromatic N) is 5. The Morgan fingerprint density at radius 1 is 1.16 bits per heavy atom. The minimum atomic E-state index is -0.144. The molecule has 31 heavy (non-hydrogen) atoms. The molecule has 1 aliphatic heterocycles. The standard InChI is InChI=1S/C22H23N5O3S/c1-14-5-3-6-16(13-14)18(19-21(29)27-22(31-19)23-15(2)24-27)25-8-10-26(11-9-25)20(28)17-7-4-12-30-17/h3-7,12-13,18,29H,8-11H2,1-2H3. The molecule has 4 heterocycles. The number of carbonyl (C=O) groups is 1. The van der Waals surface area contributed by atoms with E-state index in [0.717, 1.165) is 16.0 Å². The van der Waals surface area contributed by atoms with E-state index in [1.165, 1.54) is 22.1 Å². The summed E-state index contributed by atoms with van der Waals surface area (Å²) in [7, 11) is 0. The molecule has 1 aliphatic rings. The summed E-state index contributed by atoms with van der Waals surface area (Å²) in [5.74, 6) is 1.03. The second-order valence-corrected chi connectivity index (χ2v) is 8.77. The van der Waals surface area contributed by atoms with Crippen LogP contribution in [0, 0.1) is 13.8 Å². The lowest BCUT2D eigenvalue weighted by molar-refractivity contribution is 0.0568. The molecule has 0 spiro atoms. The minimum Gasteiger partial charge on any atom is -0.492 e. The largest absolute Gasteiger partial charge is 0.492 e. The van der Waals surface area contributed by atoms with Gasteiger partial charge in [-0.1, -0.05) is 41.2 Å². The maximum Gasteiger partial charge on any atom is 0.289 e. The maximum absolute atomic E-state index is 12.6. The molecule has 4 aromatic rings. The van der Waals surface area contributed by atoms with Crippen LogP contribution in [0.15, 0.2) is 47.1 Å². The molecule has 1 amide bonds. The Morgan fingerprint density at radius 2 is 1.97 bits per heavy atom. The zero-order chi connectivity index (χ0) is 21.5. The van der Waals surface area contributed by atoms with E-state index in [4.69, 9.17) is 4.42 Å². The Hall–Kier alpha value is -3.17. The van der Waals surface area contributed by atoms with Crippen molar-refractivity contribution in [2.24, 2.45) is 0 Å². The Bertz CT molecular complexity index is 1220. The van der Waals surface area contributed by atoms with Crippen molar-refractivity contribution in [3.8, 4) is 5.88 Å². The summed E-state index contributed by atoms with van der Waals surface area (Å²) in [6.45, 7) is 6.40. The van der Waals surface area contributed by atoms with Crippen molar-refractivity contribution < 1.29 is 14.3 Å². The van der Waals surface area contributed by atoms with Gasteiger partial charge in [0.2, 0.25) is 10.8 Å². The predicted molar refractivity (Wildman–Crippen MR) is 116 cm³/mol. The van der Waals surface area contributed by atoms with Gasteiger partial charge in [0, 0.05) is 26.2 Å². The number of piperazine rings is 1. The molecular formula is C22H23N5O3S. The quantitative estimate of drug-likeness (QED) is 0.527. The van der Waals surface area contributed by atoms with Gasteiger partial charge in [0.05, 0.1) is 17.2 Å². The first-order valence-electron chi connectivity index (χ1n) is 10.2. The fourth-order valence-electron chi connectivity index (χ4n) is 4.13. The third-order valence-corrected chi connectivity index (χ3v) is 6.68. The van der Waals surface area contributed by atoms with Crippen LogP contribution in [0.3, 0.4) is 0 Å². The number of rotatable bonds is 4.